The molecule has 6 heteroatoms. The molecule has 1 saturated heterocycles. The molecule has 0 spiro atoms. The Hall–Kier alpha value is -1.66. The second-order valence-electron chi connectivity index (χ2n) is 7.79. The van der Waals surface area contributed by atoms with E-state index < -0.39 is 0 Å². The van der Waals surface area contributed by atoms with Crippen LogP contribution in [0.25, 0.3) is 0 Å². The van der Waals surface area contributed by atoms with Gasteiger partial charge in [0.2, 0.25) is 5.91 Å². The Morgan fingerprint density at radius 1 is 1.15 bits per heavy atom. The molecule has 0 unspecified atom stereocenters. The van der Waals surface area contributed by atoms with Crippen LogP contribution in [0.4, 0.5) is 10.1 Å². The molecule has 1 N–H and O–H groups in total. The number of piperazine rings is 1. The van der Waals surface area contributed by atoms with E-state index in [0.717, 1.165) is 57.2 Å². The molecule has 2 fully saturated rings. The van der Waals surface area contributed by atoms with Crippen LogP contribution in [-0.4, -0.2) is 63.3 Å². The van der Waals surface area contributed by atoms with Crippen molar-refractivity contribution in [3.8, 4) is 0 Å². The molecule has 1 aromatic rings. The first kappa shape index (κ1) is 20.1. The van der Waals surface area contributed by atoms with Gasteiger partial charge in [-0.05, 0) is 56.7 Å². The average Bonchev–Trinajstić information content (AvgIpc) is 2.68. The topological polar surface area (TPSA) is 44.8 Å². The summed E-state index contributed by atoms with van der Waals surface area (Å²) in [6.45, 7) is 5.04. The molecule has 1 aliphatic heterocycles. The van der Waals surface area contributed by atoms with Crippen molar-refractivity contribution in [2.45, 2.75) is 38.1 Å². The highest BCUT2D eigenvalue weighted by atomic mass is 19.1. The van der Waals surface area contributed by atoms with Crippen molar-refractivity contribution in [2.24, 2.45) is 5.92 Å². The van der Waals surface area contributed by atoms with E-state index in [9.17, 15) is 9.18 Å². The Morgan fingerprint density at radius 2 is 1.85 bits per heavy atom. The number of anilines is 1. The van der Waals surface area contributed by atoms with E-state index in [0.29, 0.717) is 6.04 Å². The van der Waals surface area contributed by atoms with Gasteiger partial charge in [0.05, 0.1) is 5.69 Å². The molecule has 1 aromatic carbocycles. The minimum absolute atomic E-state index is 0.00586. The second-order valence-corrected chi connectivity index (χ2v) is 7.79. The Kier molecular flexibility index (Phi) is 7.47. The number of nitrogens with zero attached hydrogens (tertiary/aromatic N) is 2. The van der Waals surface area contributed by atoms with Gasteiger partial charge in [-0.2, -0.15) is 0 Å². The zero-order valence-electron chi connectivity index (χ0n) is 16.3. The number of amides is 1. The van der Waals surface area contributed by atoms with Gasteiger partial charge in [-0.25, -0.2) is 4.39 Å². The largest absolute Gasteiger partial charge is 0.375 e. The highest BCUT2D eigenvalue weighted by Crippen LogP contribution is 2.27. The molecule has 150 valence electrons. The first-order chi connectivity index (χ1) is 13.2. The molecule has 0 radical (unpaired) electrons. The van der Waals surface area contributed by atoms with Crippen LogP contribution in [-0.2, 0) is 9.53 Å². The number of benzene rings is 1. The van der Waals surface area contributed by atoms with Gasteiger partial charge in [0, 0.05) is 39.3 Å². The molecule has 3 rings (SSSR count). The third-order valence-electron chi connectivity index (χ3n) is 5.91. The van der Waals surface area contributed by atoms with E-state index >= 15 is 0 Å². The van der Waals surface area contributed by atoms with Crippen LogP contribution in [0.1, 0.15) is 32.1 Å². The number of hydrogen-bond acceptors (Lipinski definition) is 4. The standard InChI is InChI=1S/C21H32FN3O2/c1-27-16-21(26)23-18-8-6-17(7-9-18)10-11-24-12-14-25(15-13-24)20-5-3-2-4-19(20)22/h2-5,17-18H,6-16H2,1H3,(H,23,26)/t17-,18-. The third kappa shape index (κ3) is 5.91. The molecular formula is C21H32FN3O2. The van der Waals surface area contributed by atoms with Gasteiger partial charge in [0.25, 0.3) is 0 Å². The summed E-state index contributed by atoms with van der Waals surface area (Å²) in [6.07, 6.45) is 5.74. The molecule has 2 aliphatic rings. The molecule has 0 aromatic heterocycles. The average molecular weight is 378 g/mol. The summed E-state index contributed by atoms with van der Waals surface area (Å²) in [4.78, 5) is 16.3. The minimum atomic E-state index is -0.125. The van der Waals surface area contributed by atoms with Crippen LogP contribution in [0.3, 0.4) is 0 Å². The first-order valence-corrected chi connectivity index (χ1v) is 10.2. The van der Waals surface area contributed by atoms with E-state index in [-0.39, 0.29) is 18.3 Å². The summed E-state index contributed by atoms with van der Waals surface area (Å²) in [5, 5.41) is 3.06. The van der Waals surface area contributed by atoms with Crippen molar-refractivity contribution in [1.82, 2.24) is 10.2 Å². The normalized spacial score (nSPS) is 24.0. The van der Waals surface area contributed by atoms with Gasteiger partial charge in [-0.15, -0.1) is 0 Å². The lowest BCUT2D eigenvalue weighted by Crippen LogP contribution is -2.47. The highest BCUT2D eigenvalue weighted by molar-refractivity contribution is 5.77. The minimum Gasteiger partial charge on any atom is -0.375 e. The second kappa shape index (κ2) is 10.0. The van der Waals surface area contributed by atoms with Gasteiger partial charge in [0.1, 0.15) is 12.4 Å². The van der Waals surface area contributed by atoms with Gasteiger partial charge < -0.3 is 15.0 Å². The van der Waals surface area contributed by atoms with E-state index in [1.54, 1.807) is 13.2 Å². The number of halogens is 1. The maximum Gasteiger partial charge on any atom is 0.246 e. The zero-order valence-corrected chi connectivity index (χ0v) is 16.3. The number of carbonyl (C=O) groups excluding carboxylic acids is 1. The molecule has 27 heavy (non-hydrogen) atoms. The van der Waals surface area contributed by atoms with Crippen LogP contribution < -0.4 is 10.2 Å². The molecule has 1 heterocycles. The number of ether oxygens (including phenoxy) is 1. The predicted molar refractivity (Wildman–Crippen MR) is 105 cm³/mol. The number of methoxy groups -OCH3 is 1. The van der Waals surface area contributed by atoms with Crippen molar-refractivity contribution >= 4 is 11.6 Å². The molecule has 1 saturated carbocycles. The predicted octanol–water partition coefficient (Wildman–Crippen LogP) is 2.66. The fraction of sp³-hybridized carbons (Fsp3) is 0.667. The zero-order chi connectivity index (χ0) is 19.1. The van der Waals surface area contributed by atoms with E-state index in [1.165, 1.54) is 25.3 Å². The lowest BCUT2D eigenvalue weighted by molar-refractivity contribution is -0.125. The van der Waals surface area contributed by atoms with Crippen LogP contribution >= 0.6 is 0 Å². The van der Waals surface area contributed by atoms with Gasteiger partial charge in [0.15, 0.2) is 0 Å². The monoisotopic (exact) mass is 377 g/mol. The van der Waals surface area contributed by atoms with Crippen molar-refractivity contribution < 1.29 is 13.9 Å². The number of rotatable bonds is 7. The van der Waals surface area contributed by atoms with Gasteiger partial charge in [-0.3, -0.25) is 9.69 Å². The summed E-state index contributed by atoms with van der Waals surface area (Å²) < 4.78 is 18.8. The van der Waals surface area contributed by atoms with Crippen LogP contribution in [0.15, 0.2) is 24.3 Å². The maximum absolute atomic E-state index is 13.9. The van der Waals surface area contributed by atoms with Crippen molar-refractivity contribution in [3.63, 3.8) is 0 Å². The molecular weight excluding hydrogens is 345 g/mol. The summed E-state index contributed by atoms with van der Waals surface area (Å²) >= 11 is 0. The first-order valence-electron chi connectivity index (χ1n) is 10.2. The van der Waals surface area contributed by atoms with E-state index in [1.807, 2.05) is 12.1 Å². The number of nitrogens with one attached hydrogen (secondary N) is 1. The fourth-order valence-electron chi connectivity index (χ4n) is 4.28. The lowest BCUT2D eigenvalue weighted by Gasteiger charge is -2.37. The van der Waals surface area contributed by atoms with Crippen molar-refractivity contribution in [2.75, 3.05) is 51.3 Å². The van der Waals surface area contributed by atoms with Crippen LogP contribution in [0, 0.1) is 11.7 Å². The quantitative estimate of drug-likeness (QED) is 0.794. The summed E-state index contributed by atoms with van der Waals surface area (Å²) in [5.74, 6) is 0.624. The Morgan fingerprint density at radius 3 is 2.52 bits per heavy atom. The summed E-state index contributed by atoms with van der Waals surface area (Å²) in [7, 11) is 1.55. The highest BCUT2D eigenvalue weighted by Gasteiger charge is 2.24. The SMILES string of the molecule is COCC(=O)N[C@H]1CC[C@H](CCN2CCN(c3ccccc3F)CC2)CC1. The molecule has 1 amide bonds. The number of hydrogen-bond donors (Lipinski definition) is 1. The van der Waals surface area contributed by atoms with E-state index in [2.05, 4.69) is 15.1 Å². The third-order valence-corrected chi connectivity index (χ3v) is 5.91. The maximum atomic E-state index is 13.9. The Balaban J connectivity index is 1.33. The lowest BCUT2D eigenvalue weighted by atomic mass is 9.84. The Labute approximate surface area is 161 Å². The molecule has 0 atom stereocenters. The van der Waals surface area contributed by atoms with E-state index in [4.69, 9.17) is 4.74 Å². The van der Waals surface area contributed by atoms with Crippen LogP contribution in [0.5, 0.6) is 0 Å². The van der Waals surface area contributed by atoms with Crippen molar-refractivity contribution in [3.05, 3.63) is 30.1 Å². The molecule has 5 nitrogen and oxygen atoms in total. The molecule has 0 bridgehead atoms. The van der Waals surface area contributed by atoms with Gasteiger partial charge in [-0.1, -0.05) is 12.1 Å². The summed E-state index contributed by atoms with van der Waals surface area (Å²) in [5.41, 5.74) is 0.728. The smallest absolute Gasteiger partial charge is 0.246 e. The van der Waals surface area contributed by atoms with Crippen LogP contribution in [0.2, 0.25) is 0 Å². The number of para-hydroxylation sites is 1. The van der Waals surface area contributed by atoms with Crippen molar-refractivity contribution in [1.29, 1.82) is 0 Å². The van der Waals surface area contributed by atoms with Gasteiger partial charge >= 0.3 is 0 Å². The fourth-order valence-corrected chi connectivity index (χ4v) is 4.28. The summed E-state index contributed by atoms with van der Waals surface area (Å²) in [6, 6.07) is 7.37. The molecule has 1 aliphatic carbocycles. The number of carbonyl (C=O) groups is 1. The Bertz CT molecular complexity index is 597.